The van der Waals surface area contributed by atoms with Crippen molar-refractivity contribution in [1.82, 2.24) is 10.3 Å². The van der Waals surface area contributed by atoms with E-state index < -0.39 is 11.5 Å². The smallest absolute Gasteiger partial charge is 0.329 e. The second-order valence-electron chi connectivity index (χ2n) is 5.27. The van der Waals surface area contributed by atoms with Gasteiger partial charge in [0, 0.05) is 11.3 Å². The molecule has 104 valence electrons. The van der Waals surface area contributed by atoms with Gasteiger partial charge in [-0.15, -0.1) is 11.3 Å². The third-order valence-corrected chi connectivity index (χ3v) is 4.61. The molecule has 1 aliphatic carbocycles. The third-order valence-electron chi connectivity index (χ3n) is 3.47. The van der Waals surface area contributed by atoms with E-state index in [4.69, 9.17) is 0 Å². The molecule has 2 rings (SSSR count). The van der Waals surface area contributed by atoms with Crippen LogP contribution in [0.25, 0.3) is 0 Å². The van der Waals surface area contributed by atoms with Crippen molar-refractivity contribution in [1.29, 1.82) is 0 Å². The monoisotopic (exact) mass is 282 g/mol. The number of carbonyl (C=O) groups excluding carboxylic acids is 1. The zero-order chi connectivity index (χ0) is 14.0. The molecule has 0 unspecified atom stereocenters. The zero-order valence-electron chi connectivity index (χ0n) is 11.1. The van der Waals surface area contributed by atoms with Crippen LogP contribution in [0.2, 0.25) is 0 Å². The highest BCUT2D eigenvalue weighted by Crippen LogP contribution is 2.30. The minimum atomic E-state index is -1.10. The highest BCUT2D eigenvalue weighted by molar-refractivity contribution is 7.09. The second kappa shape index (κ2) is 5.28. The van der Waals surface area contributed by atoms with Crippen LogP contribution in [0.4, 0.5) is 0 Å². The molecule has 0 aliphatic heterocycles. The fourth-order valence-electron chi connectivity index (χ4n) is 2.31. The number of thiazole rings is 1. The van der Waals surface area contributed by atoms with Gasteiger partial charge in [-0.05, 0) is 12.8 Å². The number of aromatic nitrogens is 1. The summed E-state index contributed by atoms with van der Waals surface area (Å²) in [6, 6.07) is 0. The van der Waals surface area contributed by atoms with E-state index in [1.165, 1.54) is 11.3 Å². The maximum Gasteiger partial charge on any atom is 0.329 e. The maximum absolute atomic E-state index is 12.1. The standard InChI is InChI=1S/C13H18N2O3S/c1-8(2)11-14-9(7-19-11)10(16)15-13(12(17)18)5-3-4-6-13/h7-8H,3-6H2,1-2H3,(H,15,16)(H,17,18). The van der Waals surface area contributed by atoms with E-state index in [1.54, 1.807) is 5.38 Å². The molecule has 6 heteroatoms. The molecule has 0 bridgehead atoms. The molecule has 1 fully saturated rings. The first-order valence-corrected chi connectivity index (χ1v) is 7.34. The lowest BCUT2D eigenvalue weighted by Crippen LogP contribution is -2.52. The van der Waals surface area contributed by atoms with Crippen LogP contribution in [-0.4, -0.2) is 27.5 Å². The van der Waals surface area contributed by atoms with Crippen LogP contribution in [0, 0.1) is 0 Å². The Morgan fingerprint density at radius 3 is 2.53 bits per heavy atom. The number of hydrogen-bond donors (Lipinski definition) is 2. The molecule has 0 radical (unpaired) electrons. The summed E-state index contributed by atoms with van der Waals surface area (Å²) in [7, 11) is 0. The number of aliphatic carboxylic acids is 1. The minimum Gasteiger partial charge on any atom is -0.480 e. The quantitative estimate of drug-likeness (QED) is 0.888. The van der Waals surface area contributed by atoms with Crippen molar-refractivity contribution in [2.24, 2.45) is 0 Å². The van der Waals surface area contributed by atoms with Gasteiger partial charge in [-0.25, -0.2) is 9.78 Å². The van der Waals surface area contributed by atoms with Crippen LogP contribution in [0.1, 0.15) is 60.9 Å². The van der Waals surface area contributed by atoms with Crippen LogP contribution in [0.15, 0.2) is 5.38 Å². The molecule has 1 amide bonds. The summed E-state index contributed by atoms with van der Waals surface area (Å²) in [5, 5.41) is 14.6. The largest absolute Gasteiger partial charge is 0.480 e. The lowest BCUT2D eigenvalue weighted by Gasteiger charge is -2.24. The molecule has 0 atom stereocenters. The Morgan fingerprint density at radius 2 is 2.05 bits per heavy atom. The Morgan fingerprint density at radius 1 is 1.42 bits per heavy atom. The predicted octanol–water partition coefficient (Wildman–Crippen LogP) is 2.39. The Balaban J connectivity index is 2.13. The van der Waals surface area contributed by atoms with Crippen molar-refractivity contribution >= 4 is 23.2 Å². The van der Waals surface area contributed by atoms with Gasteiger partial charge in [-0.3, -0.25) is 4.79 Å². The summed E-state index contributed by atoms with van der Waals surface area (Å²) in [6.45, 7) is 4.02. The molecule has 0 saturated heterocycles. The van der Waals surface area contributed by atoms with E-state index in [0.717, 1.165) is 17.8 Å². The van der Waals surface area contributed by atoms with E-state index in [-0.39, 0.29) is 11.8 Å². The highest BCUT2D eigenvalue weighted by Gasteiger charge is 2.43. The zero-order valence-corrected chi connectivity index (χ0v) is 11.9. The lowest BCUT2D eigenvalue weighted by atomic mass is 9.98. The molecule has 19 heavy (non-hydrogen) atoms. The number of hydrogen-bond acceptors (Lipinski definition) is 4. The first-order chi connectivity index (χ1) is 8.94. The Bertz CT molecular complexity index is 490. The van der Waals surface area contributed by atoms with Gasteiger partial charge in [0.25, 0.3) is 5.91 Å². The second-order valence-corrected chi connectivity index (χ2v) is 6.16. The lowest BCUT2D eigenvalue weighted by molar-refractivity contribution is -0.144. The number of nitrogens with one attached hydrogen (secondary N) is 1. The molecular weight excluding hydrogens is 264 g/mol. The number of amides is 1. The van der Waals surface area contributed by atoms with Crippen LogP contribution < -0.4 is 5.32 Å². The molecule has 1 heterocycles. The first-order valence-electron chi connectivity index (χ1n) is 6.46. The number of carboxylic acid groups (broad SMARTS) is 1. The Labute approximate surface area is 116 Å². The topological polar surface area (TPSA) is 79.3 Å². The van der Waals surface area contributed by atoms with Gasteiger partial charge in [0.2, 0.25) is 0 Å². The van der Waals surface area contributed by atoms with Gasteiger partial charge in [-0.2, -0.15) is 0 Å². The Hall–Kier alpha value is -1.43. The number of carbonyl (C=O) groups is 2. The SMILES string of the molecule is CC(C)c1nc(C(=O)NC2(C(=O)O)CCCC2)cs1. The highest BCUT2D eigenvalue weighted by atomic mass is 32.1. The van der Waals surface area contributed by atoms with Gasteiger partial charge in [0.05, 0.1) is 5.01 Å². The molecule has 1 aliphatic rings. The summed E-state index contributed by atoms with van der Waals surface area (Å²) in [5.41, 5.74) is -0.778. The molecule has 1 aromatic rings. The normalized spacial score (nSPS) is 17.6. The van der Waals surface area contributed by atoms with E-state index in [0.29, 0.717) is 18.5 Å². The molecule has 2 N–H and O–H groups in total. The number of carboxylic acids is 1. The van der Waals surface area contributed by atoms with Crippen molar-refractivity contribution in [3.05, 3.63) is 16.1 Å². The fraction of sp³-hybridized carbons (Fsp3) is 0.615. The van der Waals surface area contributed by atoms with Crippen LogP contribution in [0.3, 0.4) is 0 Å². The molecule has 0 aromatic carbocycles. The van der Waals surface area contributed by atoms with Crippen LogP contribution in [0.5, 0.6) is 0 Å². The van der Waals surface area contributed by atoms with E-state index in [1.807, 2.05) is 13.8 Å². The van der Waals surface area contributed by atoms with Gasteiger partial charge in [0.15, 0.2) is 0 Å². The Kier molecular flexibility index (Phi) is 3.89. The average molecular weight is 282 g/mol. The summed E-state index contributed by atoms with van der Waals surface area (Å²) in [6.07, 6.45) is 2.66. The molecule has 0 spiro atoms. The van der Waals surface area contributed by atoms with E-state index in [2.05, 4.69) is 10.3 Å². The van der Waals surface area contributed by atoms with E-state index >= 15 is 0 Å². The third kappa shape index (κ3) is 2.78. The van der Waals surface area contributed by atoms with Crippen LogP contribution >= 0.6 is 11.3 Å². The van der Waals surface area contributed by atoms with Crippen LogP contribution in [-0.2, 0) is 4.79 Å². The summed E-state index contributed by atoms with van der Waals surface area (Å²) in [5.74, 6) is -1.06. The molecule has 1 saturated carbocycles. The predicted molar refractivity (Wildman–Crippen MR) is 72.5 cm³/mol. The van der Waals surface area contributed by atoms with Gasteiger partial charge < -0.3 is 10.4 Å². The number of nitrogens with zero attached hydrogens (tertiary/aromatic N) is 1. The molecule has 1 aromatic heterocycles. The summed E-state index contributed by atoms with van der Waals surface area (Å²) < 4.78 is 0. The molecular formula is C13H18N2O3S. The summed E-state index contributed by atoms with van der Waals surface area (Å²) >= 11 is 1.43. The van der Waals surface area contributed by atoms with Gasteiger partial charge in [0.1, 0.15) is 11.2 Å². The molecule has 5 nitrogen and oxygen atoms in total. The van der Waals surface area contributed by atoms with Crippen molar-refractivity contribution in [3.63, 3.8) is 0 Å². The van der Waals surface area contributed by atoms with E-state index in [9.17, 15) is 14.7 Å². The fourth-order valence-corrected chi connectivity index (χ4v) is 3.12. The van der Waals surface area contributed by atoms with Gasteiger partial charge in [-0.1, -0.05) is 26.7 Å². The number of rotatable bonds is 4. The minimum absolute atomic E-state index is 0.270. The van der Waals surface area contributed by atoms with Gasteiger partial charge >= 0.3 is 5.97 Å². The van der Waals surface area contributed by atoms with Crippen molar-refractivity contribution in [2.45, 2.75) is 51.0 Å². The first kappa shape index (κ1) is 14.0. The van der Waals surface area contributed by atoms with Crippen molar-refractivity contribution < 1.29 is 14.7 Å². The average Bonchev–Trinajstić information content (AvgIpc) is 2.97. The van der Waals surface area contributed by atoms with Crippen molar-refractivity contribution in [3.8, 4) is 0 Å². The summed E-state index contributed by atoms with van der Waals surface area (Å²) in [4.78, 5) is 27.7. The maximum atomic E-state index is 12.1. The van der Waals surface area contributed by atoms with Crippen molar-refractivity contribution in [2.75, 3.05) is 0 Å².